The summed E-state index contributed by atoms with van der Waals surface area (Å²) in [5.41, 5.74) is 5.87. The van der Waals surface area contributed by atoms with Gasteiger partial charge in [-0.25, -0.2) is 0 Å². The Balaban J connectivity index is 0.00000280. The van der Waals surface area contributed by atoms with E-state index in [9.17, 15) is 18.0 Å². The molecule has 1 heterocycles. The molecule has 2 aromatic rings. The average Bonchev–Trinajstić information content (AvgIpc) is 2.66. The Labute approximate surface area is 167 Å². The lowest BCUT2D eigenvalue weighted by Crippen LogP contribution is -2.44. The predicted molar refractivity (Wildman–Crippen MR) is 104 cm³/mol. The van der Waals surface area contributed by atoms with Crippen molar-refractivity contribution in [3.63, 3.8) is 0 Å². The number of hydrogen-bond acceptors (Lipinski definition) is 3. The lowest BCUT2D eigenvalue weighted by atomic mass is 9.73. The molecule has 0 aromatic heterocycles. The molecular weight excluding hydrogens is 393 g/mol. The Morgan fingerprint density at radius 3 is 2.43 bits per heavy atom. The van der Waals surface area contributed by atoms with Gasteiger partial charge in [-0.15, -0.1) is 12.4 Å². The van der Waals surface area contributed by atoms with E-state index >= 15 is 0 Å². The maximum atomic E-state index is 13.1. The van der Waals surface area contributed by atoms with Crippen LogP contribution in [0.2, 0.25) is 0 Å². The van der Waals surface area contributed by atoms with E-state index in [1.165, 1.54) is 12.1 Å². The minimum absolute atomic E-state index is 0. The van der Waals surface area contributed by atoms with Crippen LogP contribution in [0.5, 0.6) is 0 Å². The van der Waals surface area contributed by atoms with Crippen molar-refractivity contribution in [2.45, 2.75) is 24.4 Å². The first-order chi connectivity index (χ1) is 12.8. The highest BCUT2D eigenvalue weighted by Crippen LogP contribution is 2.37. The van der Waals surface area contributed by atoms with E-state index < -0.39 is 17.2 Å². The van der Waals surface area contributed by atoms with Gasteiger partial charge in [-0.3, -0.25) is 4.79 Å². The molecule has 0 saturated carbocycles. The molecule has 3 rings (SSSR count). The molecule has 0 unspecified atom stereocenters. The van der Waals surface area contributed by atoms with E-state index in [0.29, 0.717) is 42.9 Å². The molecule has 152 valence electrons. The van der Waals surface area contributed by atoms with Crippen molar-refractivity contribution >= 4 is 24.0 Å². The number of anilines is 1. The zero-order chi connectivity index (χ0) is 19.5. The van der Waals surface area contributed by atoms with E-state index in [-0.39, 0.29) is 24.9 Å². The SMILES string of the molecule is Cl.Nc1cccc(C(=O)NCC2(c3cccc(C(F)(F)F)c3)CCOCC2)c1. The lowest BCUT2D eigenvalue weighted by Gasteiger charge is -2.38. The summed E-state index contributed by atoms with van der Waals surface area (Å²) in [6.45, 7) is 1.10. The van der Waals surface area contributed by atoms with Crippen molar-refractivity contribution in [1.82, 2.24) is 5.32 Å². The van der Waals surface area contributed by atoms with Gasteiger partial charge in [-0.1, -0.05) is 24.3 Å². The van der Waals surface area contributed by atoms with Crippen LogP contribution in [-0.4, -0.2) is 25.7 Å². The number of alkyl halides is 3. The van der Waals surface area contributed by atoms with Crippen LogP contribution < -0.4 is 11.1 Å². The summed E-state index contributed by atoms with van der Waals surface area (Å²) in [6, 6.07) is 11.9. The van der Waals surface area contributed by atoms with Gasteiger partial charge in [0.25, 0.3) is 5.91 Å². The number of hydrogen-bond donors (Lipinski definition) is 2. The first kappa shape index (κ1) is 22.0. The molecule has 0 spiro atoms. The number of carbonyl (C=O) groups excluding carboxylic acids is 1. The molecule has 1 amide bonds. The zero-order valence-corrected chi connectivity index (χ0v) is 15.9. The third-order valence-corrected chi connectivity index (χ3v) is 4.99. The molecular formula is C20H22ClF3N2O2. The minimum atomic E-state index is -4.41. The highest BCUT2D eigenvalue weighted by molar-refractivity contribution is 5.95. The summed E-state index contributed by atoms with van der Waals surface area (Å²) in [4.78, 5) is 12.5. The van der Waals surface area contributed by atoms with Crippen molar-refractivity contribution < 1.29 is 22.7 Å². The third kappa shape index (κ3) is 4.97. The van der Waals surface area contributed by atoms with Crippen molar-refractivity contribution in [2.75, 3.05) is 25.5 Å². The fourth-order valence-corrected chi connectivity index (χ4v) is 3.39. The maximum Gasteiger partial charge on any atom is 0.416 e. The molecule has 3 N–H and O–H groups in total. The van der Waals surface area contributed by atoms with E-state index in [1.54, 1.807) is 30.3 Å². The molecule has 2 aromatic carbocycles. The molecule has 4 nitrogen and oxygen atoms in total. The van der Waals surface area contributed by atoms with Gasteiger partial charge in [0.15, 0.2) is 0 Å². The second-order valence-corrected chi connectivity index (χ2v) is 6.78. The van der Waals surface area contributed by atoms with Crippen LogP contribution in [0.25, 0.3) is 0 Å². The second kappa shape index (κ2) is 8.84. The second-order valence-electron chi connectivity index (χ2n) is 6.78. The molecule has 1 aliphatic rings. The van der Waals surface area contributed by atoms with Crippen LogP contribution in [-0.2, 0) is 16.3 Å². The standard InChI is InChI=1S/C20H21F3N2O2.ClH/c21-20(22,23)16-5-2-4-15(12-16)19(7-9-27-10-8-19)13-25-18(26)14-3-1-6-17(24)11-14;/h1-6,11-12H,7-10,13,24H2,(H,25,26);1H. The maximum absolute atomic E-state index is 13.1. The first-order valence-electron chi connectivity index (χ1n) is 8.69. The fourth-order valence-electron chi connectivity index (χ4n) is 3.39. The molecule has 1 fully saturated rings. The van der Waals surface area contributed by atoms with Crippen LogP contribution in [0.15, 0.2) is 48.5 Å². The summed E-state index contributed by atoms with van der Waals surface area (Å²) < 4.78 is 44.8. The summed E-state index contributed by atoms with van der Waals surface area (Å²) in [5.74, 6) is -0.305. The van der Waals surface area contributed by atoms with Crippen molar-refractivity contribution in [1.29, 1.82) is 0 Å². The molecule has 0 bridgehead atoms. The van der Waals surface area contributed by atoms with Crippen molar-refractivity contribution in [2.24, 2.45) is 0 Å². The number of rotatable bonds is 4. The zero-order valence-electron chi connectivity index (χ0n) is 15.1. The number of nitrogens with two attached hydrogens (primary N) is 1. The van der Waals surface area contributed by atoms with Gasteiger partial charge in [0.1, 0.15) is 0 Å². The molecule has 1 saturated heterocycles. The van der Waals surface area contributed by atoms with Crippen LogP contribution in [0.1, 0.15) is 34.3 Å². The number of ether oxygens (including phenoxy) is 1. The van der Waals surface area contributed by atoms with Gasteiger partial charge in [-0.2, -0.15) is 13.2 Å². The Hall–Kier alpha value is -2.25. The van der Waals surface area contributed by atoms with Gasteiger partial charge in [0.2, 0.25) is 0 Å². The Kier molecular flexibility index (Phi) is 6.96. The first-order valence-corrected chi connectivity index (χ1v) is 8.69. The Bertz CT molecular complexity index is 821. The number of nitrogens with one attached hydrogen (secondary N) is 1. The van der Waals surface area contributed by atoms with Crippen LogP contribution in [0, 0.1) is 0 Å². The largest absolute Gasteiger partial charge is 0.416 e. The molecule has 0 atom stereocenters. The van der Waals surface area contributed by atoms with Crippen LogP contribution in [0.3, 0.4) is 0 Å². The van der Waals surface area contributed by atoms with Gasteiger partial charge in [0, 0.05) is 36.4 Å². The molecule has 0 aliphatic carbocycles. The average molecular weight is 415 g/mol. The van der Waals surface area contributed by atoms with E-state index in [2.05, 4.69) is 5.32 Å². The van der Waals surface area contributed by atoms with E-state index in [4.69, 9.17) is 10.5 Å². The Morgan fingerprint density at radius 1 is 1.11 bits per heavy atom. The van der Waals surface area contributed by atoms with Gasteiger partial charge in [0.05, 0.1) is 5.56 Å². The summed E-state index contributed by atoms with van der Waals surface area (Å²) >= 11 is 0. The quantitative estimate of drug-likeness (QED) is 0.737. The molecule has 28 heavy (non-hydrogen) atoms. The number of nitrogen functional groups attached to an aromatic ring is 1. The normalized spacial score (nSPS) is 16.1. The summed E-state index contributed by atoms with van der Waals surface area (Å²) in [5, 5.41) is 2.86. The van der Waals surface area contributed by atoms with Gasteiger partial charge in [-0.05, 0) is 42.7 Å². The third-order valence-electron chi connectivity index (χ3n) is 4.99. The highest BCUT2D eigenvalue weighted by Gasteiger charge is 2.37. The smallest absolute Gasteiger partial charge is 0.399 e. The number of benzene rings is 2. The number of carbonyl (C=O) groups is 1. The molecule has 0 radical (unpaired) electrons. The fraction of sp³-hybridized carbons (Fsp3) is 0.350. The Morgan fingerprint density at radius 2 is 1.79 bits per heavy atom. The van der Waals surface area contributed by atoms with Crippen LogP contribution >= 0.6 is 12.4 Å². The van der Waals surface area contributed by atoms with Crippen LogP contribution in [0.4, 0.5) is 18.9 Å². The molecule has 8 heteroatoms. The summed E-state index contributed by atoms with van der Waals surface area (Å²) in [7, 11) is 0. The van der Waals surface area contributed by atoms with Gasteiger partial charge < -0.3 is 15.8 Å². The topological polar surface area (TPSA) is 64.4 Å². The van der Waals surface area contributed by atoms with Crippen molar-refractivity contribution in [3.05, 3.63) is 65.2 Å². The minimum Gasteiger partial charge on any atom is -0.399 e. The van der Waals surface area contributed by atoms with E-state index in [1.807, 2.05) is 0 Å². The number of amides is 1. The highest BCUT2D eigenvalue weighted by atomic mass is 35.5. The molecule has 1 aliphatic heterocycles. The summed E-state index contributed by atoms with van der Waals surface area (Å²) in [6.07, 6.45) is -3.34. The number of halogens is 4. The van der Waals surface area contributed by atoms with Gasteiger partial charge >= 0.3 is 6.18 Å². The lowest BCUT2D eigenvalue weighted by molar-refractivity contribution is -0.137. The predicted octanol–water partition coefficient (Wildman–Crippen LogP) is 4.19. The van der Waals surface area contributed by atoms with E-state index in [0.717, 1.165) is 6.07 Å². The monoisotopic (exact) mass is 414 g/mol. The van der Waals surface area contributed by atoms with Crippen molar-refractivity contribution in [3.8, 4) is 0 Å².